The number of fused-ring (bicyclic) bond motifs is 1. The van der Waals surface area contributed by atoms with Crippen molar-refractivity contribution in [3.05, 3.63) is 76.1 Å². The molecular weight excluding hydrogens is 269 g/mol. The molecule has 2 aromatic heterocycles. The van der Waals surface area contributed by atoms with E-state index in [0.717, 1.165) is 5.69 Å². The first-order chi connectivity index (χ1) is 10.1. The maximum Gasteiger partial charge on any atom is 0.258 e. The van der Waals surface area contributed by atoms with Gasteiger partial charge in [0, 0.05) is 18.0 Å². The van der Waals surface area contributed by atoms with Crippen LogP contribution in [0.1, 0.15) is 11.3 Å². The summed E-state index contributed by atoms with van der Waals surface area (Å²) in [5.41, 5.74) is 2.51. The van der Waals surface area contributed by atoms with Gasteiger partial charge in [0.1, 0.15) is 11.5 Å². The zero-order chi connectivity index (χ0) is 14.8. The monoisotopic (exact) mass is 283 g/mol. The predicted octanol–water partition coefficient (Wildman–Crippen LogP) is 2.75. The van der Waals surface area contributed by atoms with Gasteiger partial charge < -0.3 is 5.32 Å². The van der Waals surface area contributed by atoms with E-state index >= 15 is 0 Å². The van der Waals surface area contributed by atoms with Crippen LogP contribution in [0, 0.1) is 12.7 Å². The molecule has 0 aliphatic heterocycles. The first-order valence-electron chi connectivity index (χ1n) is 6.61. The molecular formula is C16H14FN3O. The Bertz CT molecular complexity index is 858. The van der Waals surface area contributed by atoms with Crippen LogP contribution < -0.4 is 10.9 Å². The highest BCUT2D eigenvalue weighted by atomic mass is 19.1. The summed E-state index contributed by atoms with van der Waals surface area (Å²) in [5.74, 6) is -0.234. The number of anilines is 1. The molecule has 0 atom stereocenters. The number of halogens is 1. The van der Waals surface area contributed by atoms with E-state index < -0.39 is 0 Å². The summed E-state index contributed by atoms with van der Waals surface area (Å²) in [6.45, 7) is 2.12. The molecule has 0 fully saturated rings. The highest BCUT2D eigenvalue weighted by Gasteiger charge is 2.03. The quantitative estimate of drug-likeness (QED) is 0.804. The molecule has 106 valence electrons. The molecule has 0 saturated carbocycles. The van der Waals surface area contributed by atoms with Crippen molar-refractivity contribution in [2.45, 2.75) is 13.5 Å². The van der Waals surface area contributed by atoms with E-state index in [-0.39, 0.29) is 11.4 Å². The molecule has 1 aromatic carbocycles. The van der Waals surface area contributed by atoms with Crippen molar-refractivity contribution in [1.29, 1.82) is 0 Å². The average molecular weight is 283 g/mol. The summed E-state index contributed by atoms with van der Waals surface area (Å²) in [4.78, 5) is 16.4. The molecule has 0 radical (unpaired) electrons. The van der Waals surface area contributed by atoms with Crippen molar-refractivity contribution in [1.82, 2.24) is 9.38 Å². The van der Waals surface area contributed by atoms with Gasteiger partial charge in [0.15, 0.2) is 0 Å². The van der Waals surface area contributed by atoms with Gasteiger partial charge in [-0.05, 0) is 42.8 Å². The number of benzene rings is 1. The van der Waals surface area contributed by atoms with Gasteiger partial charge in [-0.1, -0.05) is 6.07 Å². The van der Waals surface area contributed by atoms with E-state index in [0.29, 0.717) is 23.4 Å². The Morgan fingerprint density at radius 2 is 2.10 bits per heavy atom. The van der Waals surface area contributed by atoms with Gasteiger partial charge in [0.25, 0.3) is 5.56 Å². The fraction of sp³-hybridized carbons (Fsp3) is 0.125. The summed E-state index contributed by atoms with van der Waals surface area (Å²) < 4.78 is 14.7. The van der Waals surface area contributed by atoms with Crippen molar-refractivity contribution in [2.24, 2.45) is 0 Å². The van der Waals surface area contributed by atoms with Crippen LogP contribution in [0.25, 0.3) is 5.65 Å². The molecule has 0 amide bonds. The van der Waals surface area contributed by atoms with E-state index in [9.17, 15) is 9.18 Å². The van der Waals surface area contributed by atoms with Crippen LogP contribution in [0.15, 0.2) is 53.5 Å². The lowest BCUT2D eigenvalue weighted by Crippen LogP contribution is -2.16. The summed E-state index contributed by atoms with van der Waals surface area (Å²) in [6.07, 6.45) is 1.69. The third kappa shape index (κ3) is 2.76. The Morgan fingerprint density at radius 1 is 1.24 bits per heavy atom. The number of hydrogen-bond acceptors (Lipinski definition) is 3. The molecule has 0 aliphatic carbocycles. The molecule has 0 aliphatic rings. The van der Waals surface area contributed by atoms with Gasteiger partial charge in [-0.3, -0.25) is 9.20 Å². The minimum absolute atomic E-state index is 0.118. The maximum atomic E-state index is 13.2. The van der Waals surface area contributed by atoms with Crippen molar-refractivity contribution in [2.75, 3.05) is 5.32 Å². The van der Waals surface area contributed by atoms with Gasteiger partial charge in [0.2, 0.25) is 0 Å². The number of aryl methyl sites for hydroxylation is 1. The van der Waals surface area contributed by atoms with E-state index in [4.69, 9.17) is 0 Å². The Morgan fingerprint density at radius 3 is 2.90 bits per heavy atom. The van der Waals surface area contributed by atoms with Crippen LogP contribution in [0.5, 0.6) is 0 Å². The van der Waals surface area contributed by atoms with Crippen molar-refractivity contribution in [3.63, 3.8) is 0 Å². The Hall–Kier alpha value is -2.69. The Kier molecular flexibility index (Phi) is 3.39. The Balaban J connectivity index is 1.85. The number of nitrogens with zero attached hydrogens (tertiary/aromatic N) is 2. The van der Waals surface area contributed by atoms with E-state index in [2.05, 4.69) is 10.3 Å². The largest absolute Gasteiger partial charge is 0.379 e. The van der Waals surface area contributed by atoms with Gasteiger partial charge >= 0.3 is 0 Å². The van der Waals surface area contributed by atoms with Gasteiger partial charge in [0.05, 0.1) is 12.2 Å². The van der Waals surface area contributed by atoms with Crippen molar-refractivity contribution in [3.8, 4) is 0 Å². The van der Waals surface area contributed by atoms with E-state index in [1.54, 1.807) is 37.4 Å². The minimum Gasteiger partial charge on any atom is -0.379 e. The van der Waals surface area contributed by atoms with Crippen LogP contribution in [0.2, 0.25) is 0 Å². The normalized spacial score (nSPS) is 10.8. The Labute approximate surface area is 120 Å². The third-order valence-corrected chi connectivity index (χ3v) is 3.26. The molecule has 5 heteroatoms. The minimum atomic E-state index is -0.234. The second-order valence-electron chi connectivity index (χ2n) is 4.83. The van der Waals surface area contributed by atoms with Gasteiger partial charge in [-0.15, -0.1) is 0 Å². The SMILES string of the molecule is Cc1cc(NCc2cc(=O)n3ccccc3n2)ccc1F. The van der Waals surface area contributed by atoms with Crippen molar-refractivity contribution >= 4 is 11.3 Å². The summed E-state index contributed by atoms with van der Waals surface area (Å²) in [7, 11) is 0. The lowest BCUT2D eigenvalue weighted by Gasteiger charge is -2.08. The third-order valence-electron chi connectivity index (χ3n) is 3.26. The summed E-state index contributed by atoms with van der Waals surface area (Å²) in [5, 5.41) is 3.14. The van der Waals surface area contributed by atoms with Crippen LogP contribution in [0.4, 0.5) is 10.1 Å². The van der Waals surface area contributed by atoms with Gasteiger partial charge in [-0.2, -0.15) is 0 Å². The fourth-order valence-corrected chi connectivity index (χ4v) is 2.14. The van der Waals surface area contributed by atoms with E-state index in [1.807, 2.05) is 6.07 Å². The molecule has 3 rings (SSSR count). The second kappa shape index (κ2) is 5.36. The molecule has 3 aromatic rings. The molecule has 1 N–H and O–H groups in total. The number of nitrogens with one attached hydrogen (secondary N) is 1. The predicted molar refractivity (Wildman–Crippen MR) is 79.9 cm³/mol. The molecule has 21 heavy (non-hydrogen) atoms. The van der Waals surface area contributed by atoms with Crippen LogP contribution in [-0.2, 0) is 6.54 Å². The van der Waals surface area contributed by atoms with Crippen LogP contribution in [-0.4, -0.2) is 9.38 Å². The average Bonchev–Trinajstić information content (AvgIpc) is 2.49. The smallest absolute Gasteiger partial charge is 0.258 e. The topological polar surface area (TPSA) is 46.4 Å². The highest BCUT2D eigenvalue weighted by Crippen LogP contribution is 2.14. The van der Waals surface area contributed by atoms with Crippen molar-refractivity contribution < 1.29 is 4.39 Å². The number of rotatable bonds is 3. The van der Waals surface area contributed by atoms with Crippen LogP contribution in [0.3, 0.4) is 0 Å². The lowest BCUT2D eigenvalue weighted by molar-refractivity contribution is 0.618. The fourth-order valence-electron chi connectivity index (χ4n) is 2.14. The highest BCUT2D eigenvalue weighted by molar-refractivity contribution is 5.46. The molecule has 0 spiro atoms. The zero-order valence-electron chi connectivity index (χ0n) is 11.5. The van der Waals surface area contributed by atoms with Crippen LogP contribution >= 0.6 is 0 Å². The molecule has 0 bridgehead atoms. The molecule has 0 unspecified atom stereocenters. The number of hydrogen-bond donors (Lipinski definition) is 1. The zero-order valence-corrected chi connectivity index (χ0v) is 11.5. The first-order valence-corrected chi connectivity index (χ1v) is 6.61. The standard InChI is InChI=1S/C16H14FN3O/c1-11-8-12(5-6-14(11)17)18-10-13-9-16(21)20-7-3-2-4-15(20)19-13/h2-9,18H,10H2,1H3. The molecule has 2 heterocycles. The van der Waals surface area contributed by atoms with Gasteiger partial charge in [-0.25, -0.2) is 9.37 Å². The molecule has 0 saturated heterocycles. The number of pyridine rings is 1. The summed E-state index contributed by atoms with van der Waals surface area (Å²) >= 11 is 0. The summed E-state index contributed by atoms with van der Waals surface area (Å²) in [6, 6.07) is 11.7. The lowest BCUT2D eigenvalue weighted by atomic mass is 10.2. The van der Waals surface area contributed by atoms with E-state index in [1.165, 1.54) is 16.5 Å². The maximum absolute atomic E-state index is 13.2. The number of aromatic nitrogens is 2. The second-order valence-corrected chi connectivity index (χ2v) is 4.83. The molecule has 4 nitrogen and oxygen atoms in total. The first kappa shape index (κ1) is 13.3.